The monoisotopic (exact) mass is 174 g/mol. The molecule has 0 aliphatic rings. The second kappa shape index (κ2) is 2.66. The molecular formula is C11H10O2. The van der Waals surface area contributed by atoms with Gasteiger partial charge in [0.25, 0.3) is 0 Å². The van der Waals surface area contributed by atoms with Crippen LogP contribution < -0.4 is 0 Å². The first-order valence-corrected chi connectivity index (χ1v) is 4.10. The van der Waals surface area contributed by atoms with E-state index in [2.05, 4.69) is 0 Å². The quantitative estimate of drug-likeness (QED) is 0.602. The summed E-state index contributed by atoms with van der Waals surface area (Å²) >= 11 is 0. The molecule has 0 radical (unpaired) electrons. The molecule has 2 nitrogen and oxygen atoms in total. The van der Waals surface area contributed by atoms with Crippen molar-refractivity contribution in [3.05, 3.63) is 35.9 Å². The van der Waals surface area contributed by atoms with E-state index in [-0.39, 0.29) is 11.5 Å². The highest BCUT2D eigenvalue weighted by Crippen LogP contribution is 2.31. The number of hydrogen-bond acceptors (Lipinski definition) is 2. The lowest BCUT2D eigenvalue weighted by atomic mass is 10.1. The Morgan fingerprint density at radius 1 is 1.00 bits per heavy atom. The van der Waals surface area contributed by atoms with E-state index in [0.717, 1.165) is 16.3 Å². The molecule has 0 amide bonds. The molecule has 2 aromatic carbocycles. The molecule has 0 spiro atoms. The molecule has 2 heteroatoms. The van der Waals surface area contributed by atoms with Crippen molar-refractivity contribution in [1.82, 2.24) is 0 Å². The topological polar surface area (TPSA) is 40.5 Å². The minimum atomic E-state index is -0.0712. The van der Waals surface area contributed by atoms with E-state index in [1.54, 1.807) is 12.1 Å². The van der Waals surface area contributed by atoms with E-state index in [0.29, 0.717) is 0 Å². The second-order valence-corrected chi connectivity index (χ2v) is 3.14. The lowest BCUT2D eigenvalue weighted by Gasteiger charge is -2.03. The predicted molar refractivity (Wildman–Crippen MR) is 52.0 cm³/mol. The molecule has 0 saturated heterocycles. The number of hydrogen-bond donors (Lipinski definition) is 2. The van der Waals surface area contributed by atoms with Gasteiger partial charge in [0, 0.05) is 0 Å². The molecule has 66 valence electrons. The molecule has 0 aliphatic carbocycles. The van der Waals surface area contributed by atoms with E-state index >= 15 is 0 Å². The van der Waals surface area contributed by atoms with Gasteiger partial charge >= 0.3 is 0 Å². The third-order valence-corrected chi connectivity index (χ3v) is 2.19. The summed E-state index contributed by atoms with van der Waals surface area (Å²) in [6.07, 6.45) is 0. The van der Waals surface area contributed by atoms with Crippen molar-refractivity contribution in [3.8, 4) is 11.5 Å². The summed E-state index contributed by atoms with van der Waals surface area (Å²) in [7, 11) is 0. The van der Waals surface area contributed by atoms with Crippen molar-refractivity contribution in [3.63, 3.8) is 0 Å². The lowest BCUT2D eigenvalue weighted by molar-refractivity contribution is 0.405. The summed E-state index contributed by atoms with van der Waals surface area (Å²) in [5, 5.41) is 20.5. The van der Waals surface area contributed by atoms with Gasteiger partial charge in [-0.25, -0.2) is 0 Å². The fourth-order valence-electron chi connectivity index (χ4n) is 1.46. The highest BCUT2D eigenvalue weighted by molar-refractivity contribution is 5.88. The van der Waals surface area contributed by atoms with Crippen LogP contribution in [0.2, 0.25) is 0 Å². The van der Waals surface area contributed by atoms with Gasteiger partial charge in [0.15, 0.2) is 11.5 Å². The Morgan fingerprint density at radius 2 is 1.69 bits per heavy atom. The fraction of sp³-hybridized carbons (Fsp3) is 0.0909. The van der Waals surface area contributed by atoms with Crippen LogP contribution in [-0.4, -0.2) is 10.2 Å². The molecule has 13 heavy (non-hydrogen) atoms. The Bertz CT molecular complexity index is 461. The van der Waals surface area contributed by atoms with Gasteiger partial charge in [-0.15, -0.1) is 0 Å². The summed E-state index contributed by atoms with van der Waals surface area (Å²) < 4.78 is 0. The van der Waals surface area contributed by atoms with E-state index < -0.39 is 0 Å². The molecule has 2 rings (SSSR count). The van der Waals surface area contributed by atoms with Crippen LogP contribution in [0.4, 0.5) is 0 Å². The van der Waals surface area contributed by atoms with Crippen molar-refractivity contribution in [1.29, 1.82) is 0 Å². The van der Waals surface area contributed by atoms with Crippen LogP contribution in [-0.2, 0) is 0 Å². The number of rotatable bonds is 0. The maximum absolute atomic E-state index is 9.29. The molecule has 2 N–H and O–H groups in total. The first-order chi connectivity index (χ1) is 6.18. The van der Waals surface area contributed by atoms with Gasteiger partial charge in [-0.1, -0.05) is 18.2 Å². The minimum Gasteiger partial charge on any atom is -0.504 e. The number of phenols is 2. The van der Waals surface area contributed by atoms with E-state index in [1.807, 2.05) is 25.1 Å². The molecule has 0 bridgehead atoms. The Balaban J connectivity index is 2.89. The van der Waals surface area contributed by atoms with Gasteiger partial charge in [0.1, 0.15) is 0 Å². The lowest BCUT2D eigenvalue weighted by Crippen LogP contribution is -1.78. The van der Waals surface area contributed by atoms with Crippen molar-refractivity contribution >= 4 is 10.8 Å². The smallest absolute Gasteiger partial charge is 0.158 e. The van der Waals surface area contributed by atoms with Crippen molar-refractivity contribution in [2.24, 2.45) is 0 Å². The highest BCUT2D eigenvalue weighted by Gasteiger charge is 2.02. The molecule has 0 heterocycles. The zero-order chi connectivity index (χ0) is 9.42. The fourth-order valence-corrected chi connectivity index (χ4v) is 1.46. The number of fused-ring (bicyclic) bond motifs is 1. The summed E-state index contributed by atoms with van der Waals surface area (Å²) in [4.78, 5) is 0. The second-order valence-electron chi connectivity index (χ2n) is 3.14. The Labute approximate surface area is 76.1 Å². The van der Waals surface area contributed by atoms with Gasteiger partial charge in [-0.05, 0) is 35.4 Å². The van der Waals surface area contributed by atoms with Crippen molar-refractivity contribution in [2.45, 2.75) is 6.92 Å². The van der Waals surface area contributed by atoms with E-state index in [1.165, 1.54) is 0 Å². The van der Waals surface area contributed by atoms with Crippen LogP contribution in [0.5, 0.6) is 11.5 Å². The third kappa shape index (κ3) is 1.20. The highest BCUT2D eigenvalue weighted by atomic mass is 16.3. The number of aromatic hydroxyl groups is 2. The van der Waals surface area contributed by atoms with Crippen molar-refractivity contribution < 1.29 is 10.2 Å². The van der Waals surface area contributed by atoms with Crippen LogP contribution in [0.25, 0.3) is 10.8 Å². The van der Waals surface area contributed by atoms with E-state index in [9.17, 15) is 10.2 Å². The molecular weight excluding hydrogens is 164 g/mol. The summed E-state index contributed by atoms with van der Waals surface area (Å²) in [6.45, 7) is 1.97. The van der Waals surface area contributed by atoms with Gasteiger partial charge in [0.2, 0.25) is 0 Å². The van der Waals surface area contributed by atoms with Gasteiger partial charge < -0.3 is 10.2 Å². The average molecular weight is 174 g/mol. The van der Waals surface area contributed by atoms with Gasteiger partial charge in [0.05, 0.1) is 0 Å². The zero-order valence-corrected chi connectivity index (χ0v) is 7.28. The summed E-state index contributed by atoms with van der Waals surface area (Å²) in [5.74, 6) is -0.139. The predicted octanol–water partition coefficient (Wildman–Crippen LogP) is 2.56. The standard InChI is InChI=1S/C11H10O2/c1-7-3-2-4-8-5-10(12)11(13)6-9(7)8/h2-6,12-13H,1H3. The van der Waals surface area contributed by atoms with Crippen LogP contribution in [0, 0.1) is 6.92 Å². The third-order valence-electron chi connectivity index (χ3n) is 2.19. The normalized spacial score (nSPS) is 10.5. The zero-order valence-electron chi connectivity index (χ0n) is 7.28. The van der Waals surface area contributed by atoms with Crippen LogP contribution >= 0.6 is 0 Å². The number of benzene rings is 2. The minimum absolute atomic E-state index is 0.0678. The molecule has 0 aliphatic heterocycles. The maximum atomic E-state index is 9.29. The largest absolute Gasteiger partial charge is 0.504 e. The van der Waals surface area contributed by atoms with Crippen LogP contribution in [0.1, 0.15) is 5.56 Å². The van der Waals surface area contributed by atoms with Crippen LogP contribution in [0.15, 0.2) is 30.3 Å². The van der Waals surface area contributed by atoms with Crippen LogP contribution in [0.3, 0.4) is 0 Å². The maximum Gasteiger partial charge on any atom is 0.158 e. The first kappa shape index (κ1) is 7.92. The first-order valence-electron chi connectivity index (χ1n) is 4.10. The average Bonchev–Trinajstić information content (AvgIpc) is 2.09. The molecule has 0 aromatic heterocycles. The SMILES string of the molecule is Cc1cccc2cc(O)c(O)cc12. The summed E-state index contributed by atoms with van der Waals surface area (Å²) in [5.41, 5.74) is 1.09. The molecule has 0 atom stereocenters. The van der Waals surface area contributed by atoms with E-state index in [4.69, 9.17) is 0 Å². The van der Waals surface area contributed by atoms with Gasteiger partial charge in [-0.3, -0.25) is 0 Å². The number of phenolic OH excluding ortho intramolecular Hbond substituents is 2. The van der Waals surface area contributed by atoms with Crippen molar-refractivity contribution in [2.75, 3.05) is 0 Å². The summed E-state index contributed by atoms with van der Waals surface area (Å²) in [6, 6.07) is 8.95. The molecule has 0 fully saturated rings. The Kier molecular flexibility index (Phi) is 1.62. The molecule has 2 aromatic rings. The Hall–Kier alpha value is -1.70. The molecule has 0 saturated carbocycles. The number of aryl methyl sites for hydroxylation is 1. The molecule has 0 unspecified atom stereocenters. The van der Waals surface area contributed by atoms with Gasteiger partial charge in [-0.2, -0.15) is 0 Å². The Morgan fingerprint density at radius 3 is 2.46 bits per heavy atom.